The van der Waals surface area contributed by atoms with Crippen molar-refractivity contribution in [2.24, 2.45) is 19.5 Å². The molecule has 0 aliphatic heterocycles. The Morgan fingerprint density at radius 1 is 1.17 bits per heavy atom. The molecule has 8 nitrogen and oxygen atoms in total. The number of nitrogens with zero attached hydrogens (tertiary/aromatic N) is 4. The van der Waals surface area contributed by atoms with Crippen molar-refractivity contribution < 1.29 is 9.18 Å². The van der Waals surface area contributed by atoms with Crippen molar-refractivity contribution in [3.8, 4) is 0 Å². The number of hydrogen-bond donors (Lipinski definition) is 1. The van der Waals surface area contributed by atoms with Crippen LogP contribution >= 0.6 is 0 Å². The van der Waals surface area contributed by atoms with Gasteiger partial charge in [-0.05, 0) is 29.5 Å². The van der Waals surface area contributed by atoms with Crippen LogP contribution in [0.15, 0.2) is 40.2 Å². The van der Waals surface area contributed by atoms with Crippen molar-refractivity contribution in [1.82, 2.24) is 24.0 Å². The second-order valence-electron chi connectivity index (χ2n) is 8.70. The summed E-state index contributed by atoms with van der Waals surface area (Å²) in [6.45, 7) is 5.68. The summed E-state index contributed by atoms with van der Waals surface area (Å²) in [5.74, 6) is -0.839. The van der Waals surface area contributed by atoms with Gasteiger partial charge in [0.2, 0.25) is 5.91 Å². The number of benzene rings is 1. The summed E-state index contributed by atoms with van der Waals surface area (Å²) in [5.41, 5.74) is -0.0434. The molecule has 1 N–H and O–H groups in total. The molecule has 1 amide bonds. The van der Waals surface area contributed by atoms with E-state index in [2.05, 4.69) is 10.3 Å². The van der Waals surface area contributed by atoms with Crippen LogP contribution in [0.4, 0.5) is 4.39 Å². The fraction of sp³-hybridized carbons (Fsp3) is 0.429. The van der Waals surface area contributed by atoms with Crippen molar-refractivity contribution in [1.29, 1.82) is 0 Å². The zero-order chi connectivity index (χ0) is 22.2. The number of aromatic nitrogens is 4. The molecule has 0 aliphatic rings. The number of amides is 1. The van der Waals surface area contributed by atoms with Gasteiger partial charge < -0.3 is 9.88 Å². The number of imidazole rings is 1. The summed E-state index contributed by atoms with van der Waals surface area (Å²) >= 11 is 0. The summed E-state index contributed by atoms with van der Waals surface area (Å²) in [5, 5.41) is 2.90. The molecule has 1 unspecified atom stereocenters. The van der Waals surface area contributed by atoms with Gasteiger partial charge >= 0.3 is 5.69 Å². The van der Waals surface area contributed by atoms with Gasteiger partial charge in [0.1, 0.15) is 12.4 Å². The van der Waals surface area contributed by atoms with Crippen LogP contribution in [-0.4, -0.2) is 24.6 Å². The van der Waals surface area contributed by atoms with Crippen molar-refractivity contribution >= 4 is 17.1 Å². The van der Waals surface area contributed by atoms with Crippen LogP contribution in [-0.2, 0) is 25.4 Å². The van der Waals surface area contributed by atoms with Crippen molar-refractivity contribution in [3.63, 3.8) is 0 Å². The average Bonchev–Trinajstić information content (AvgIpc) is 3.04. The Kier molecular flexibility index (Phi) is 5.65. The third-order valence-corrected chi connectivity index (χ3v) is 4.93. The first-order chi connectivity index (χ1) is 14.0. The van der Waals surface area contributed by atoms with Gasteiger partial charge in [-0.2, -0.15) is 0 Å². The Morgan fingerprint density at radius 3 is 2.40 bits per heavy atom. The lowest BCUT2D eigenvalue weighted by molar-refractivity contribution is -0.122. The summed E-state index contributed by atoms with van der Waals surface area (Å²) in [6.07, 6.45) is 2.04. The number of carbonyl (C=O) groups excluding carboxylic acids is 1. The highest BCUT2D eigenvalue weighted by Gasteiger charge is 2.23. The second kappa shape index (κ2) is 7.89. The van der Waals surface area contributed by atoms with Crippen LogP contribution in [0.1, 0.15) is 38.8 Å². The molecular formula is C21H26FN5O3. The Hall–Kier alpha value is -3.23. The maximum atomic E-state index is 13.3. The number of nitrogens with one attached hydrogen (secondary N) is 1. The summed E-state index contributed by atoms with van der Waals surface area (Å²) in [4.78, 5) is 42.3. The van der Waals surface area contributed by atoms with Crippen LogP contribution in [0.2, 0.25) is 0 Å². The van der Waals surface area contributed by atoms with Gasteiger partial charge in [-0.1, -0.05) is 32.9 Å². The average molecular weight is 415 g/mol. The number of fused-ring (bicyclic) bond motifs is 1. The van der Waals surface area contributed by atoms with E-state index in [0.717, 1.165) is 10.1 Å². The predicted molar refractivity (Wildman–Crippen MR) is 112 cm³/mol. The number of rotatable bonds is 5. The molecule has 2 heterocycles. The van der Waals surface area contributed by atoms with Gasteiger partial charge in [-0.3, -0.25) is 14.2 Å². The van der Waals surface area contributed by atoms with Gasteiger partial charge in [0.25, 0.3) is 5.56 Å². The lowest BCUT2D eigenvalue weighted by Crippen LogP contribution is -2.44. The molecule has 30 heavy (non-hydrogen) atoms. The maximum absolute atomic E-state index is 13.3. The molecule has 0 spiro atoms. The molecule has 0 saturated heterocycles. The minimum atomic E-state index is -0.615. The summed E-state index contributed by atoms with van der Waals surface area (Å²) < 4.78 is 17.0. The first-order valence-electron chi connectivity index (χ1n) is 9.63. The van der Waals surface area contributed by atoms with Crippen molar-refractivity contribution in [2.45, 2.75) is 39.8 Å². The van der Waals surface area contributed by atoms with E-state index in [1.54, 1.807) is 19.2 Å². The Labute approximate surface area is 173 Å². The number of halogens is 1. The van der Waals surface area contributed by atoms with Gasteiger partial charge in [-0.25, -0.2) is 18.7 Å². The molecule has 1 atom stereocenters. The molecule has 9 heteroatoms. The normalized spacial score (nSPS) is 12.9. The first-order valence-corrected chi connectivity index (χ1v) is 9.63. The molecule has 2 aromatic heterocycles. The molecule has 0 bridgehead atoms. The maximum Gasteiger partial charge on any atom is 0.332 e. The third-order valence-electron chi connectivity index (χ3n) is 4.93. The van der Waals surface area contributed by atoms with E-state index >= 15 is 0 Å². The van der Waals surface area contributed by atoms with Gasteiger partial charge in [0.05, 0.1) is 12.4 Å². The largest absolute Gasteiger partial charge is 0.348 e. The molecule has 1 aromatic carbocycles. The molecule has 0 fully saturated rings. The number of aryl methyl sites for hydroxylation is 2. The molecule has 3 rings (SSSR count). The molecular weight excluding hydrogens is 389 g/mol. The molecule has 3 aromatic rings. The fourth-order valence-electron chi connectivity index (χ4n) is 3.48. The van der Waals surface area contributed by atoms with Gasteiger partial charge in [-0.15, -0.1) is 0 Å². The zero-order valence-corrected chi connectivity index (χ0v) is 17.8. The zero-order valence-electron chi connectivity index (χ0n) is 17.8. The van der Waals surface area contributed by atoms with Gasteiger partial charge in [0, 0.05) is 14.1 Å². The van der Waals surface area contributed by atoms with Crippen molar-refractivity contribution in [2.75, 3.05) is 0 Å². The lowest BCUT2D eigenvalue weighted by atomic mass is 9.85. The SMILES string of the molecule is Cn1cnc2c1c(=O)n(CC(=O)NC(CC(C)(C)C)c1ccc(F)cc1)c(=O)n2C. The second-order valence-corrected chi connectivity index (χ2v) is 8.70. The molecule has 160 valence electrons. The number of hydrogen-bond acceptors (Lipinski definition) is 4. The minimum Gasteiger partial charge on any atom is -0.348 e. The summed E-state index contributed by atoms with van der Waals surface area (Å²) in [6, 6.07) is 5.54. The minimum absolute atomic E-state index is 0.118. The Bertz CT molecular complexity index is 1200. The molecule has 0 saturated carbocycles. The van der Waals surface area contributed by atoms with E-state index in [-0.39, 0.29) is 22.4 Å². The van der Waals surface area contributed by atoms with E-state index < -0.39 is 29.7 Å². The smallest absolute Gasteiger partial charge is 0.332 e. The van der Waals surface area contributed by atoms with E-state index in [4.69, 9.17) is 0 Å². The quantitative estimate of drug-likeness (QED) is 0.689. The Morgan fingerprint density at radius 2 is 1.80 bits per heavy atom. The standard InChI is InChI=1S/C21H26FN5O3/c1-21(2,3)10-15(13-6-8-14(22)9-7-13)24-16(28)11-27-19(29)17-18(23-12-25(17)4)26(5)20(27)30/h6-9,12,15H,10-11H2,1-5H3,(H,24,28). The van der Waals surface area contributed by atoms with E-state index in [0.29, 0.717) is 6.42 Å². The highest BCUT2D eigenvalue weighted by molar-refractivity contribution is 5.77. The highest BCUT2D eigenvalue weighted by atomic mass is 19.1. The number of carbonyl (C=O) groups is 1. The Balaban J connectivity index is 1.92. The van der Waals surface area contributed by atoms with Crippen LogP contribution in [0, 0.1) is 11.2 Å². The van der Waals surface area contributed by atoms with Gasteiger partial charge in [0.15, 0.2) is 11.2 Å². The van der Waals surface area contributed by atoms with Crippen molar-refractivity contribution in [3.05, 3.63) is 62.8 Å². The fourth-order valence-corrected chi connectivity index (χ4v) is 3.48. The first kappa shape index (κ1) is 21.5. The van der Waals surface area contributed by atoms with Crippen LogP contribution in [0.25, 0.3) is 11.2 Å². The highest BCUT2D eigenvalue weighted by Crippen LogP contribution is 2.29. The van der Waals surface area contributed by atoms with Crippen LogP contribution in [0.5, 0.6) is 0 Å². The summed E-state index contributed by atoms with van der Waals surface area (Å²) in [7, 11) is 3.16. The lowest BCUT2D eigenvalue weighted by Gasteiger charge is -2.27. The van der Waals surface area contributed by atoms with E-state index in [9.17, 15) is 18.8 Å². The topological polar surface area (TPSA) is 90.9 Å². The predicted octanol–water partition coefficient (Wildman–Crippen LogP) is 1.87. The monoisotopic (exact) mass is 415 g/mol. The molecule has 0 radical (unpaired) electrons. The third kappa shape index (κ3) is 4.34. The van der Waals surface area contributed by atoms with E-state index in [1.807, 2.05) is 20.8 Å². The van der Waals surface area contributed by atoms with Crippen LogP contribution < -0.4 is 16.6 Å². The molecule has 0 aliphatic carbocycles. The van der Waals surface area contributed by atoms with E-state index in [1.165, 1.54) is 34.6 Å². The van der Waals surface area contributed by atoms with Crippen LogP contribution in [0.3, 0.4) is 0 Å².